The molecule has 0 bridgehead atoms. The third-order valence-electron chi connectivity index (χ3n) is 3.33. The monoisotopic (exact) mass is 321 g/mol. The van der Waals surface area contributed by atoms with Crippen LogP contribution in [0.4, 0.5) is 4.39 Å². The smallest absolute Gasteiger partial charge is 0.126 e. The second-order valence-electron chi connectivity index (χ2n) is 4.69. The maximum Gasteiger partial charge on any atom is 0.126 e. The minimum atomic E-state index is -0.253. The molecule has 2 aromatic carbocycles. The summed E-state index contributed by atoms with van der Waals surface area (Å²) in [6, 6.07) is 12.2. The van der Waals surface area contributed by atoms with E-state index in [1.165, 1.54) is 12.1 Å². The first-order chi connectivity index (χ1) is 9.13. The molecule has 0 aromatic heterocycles. The van der Waals surface area contributed by atoms with Gasteiger partial charge in [-0.05, 0) is 35.9 Å². The molecule has 1 aliphatic rings. The molecule has 19 heavy (non-hydrogen) atoms. The van der Waals surface area contributed by atoms with Crippen molar-refractivity contribution in [1.29, 1.82) is 0 Å². The molecular weight excluding hydrogens is 309 g/mol. The molecule has 0 fully saturated rings. The molecule has 1 aliphatic heterocycles. The van der Waals surface area contributed by atoms with Gasteiger partial charge in [0.1, 0.15) is 17.7 Å². The molecule has 1 heterocycles. The molecule has 2 nitrogen and oxygen atoms in total. The molecule has 2 aromatic rings. The van der Waals surface area contributed by atoms with Crippen LogP contribution in [-0.2, 0) is 0 Å². The second-order valence-corrected chi connectivity index (χ2v) is 5.60. The minimum absolute atomic E-state index is 0.102. The number of nitrogens with two attached hydrogens (primary N) is 1. The number of fused-ring (bicyclic) bond motifs is 1. The van der Waals surface area contributed by atoms with Gasteiger partial charge in [-0.15, -0.1) is 0 Å². The zero-order chi connectivity index (χ0) is 13.4. The van der Waals surface area contributed by atoms with Gasteiger partial charge in [-0.3, -0.25) is 0 Å². The van der Waals surface area contributed by atoms with Crippen LogP contribution in [0.15, 0.2) is 46.9 Å². The number of benzene rings is 2. The number of hydrogen-bond donors (Lipinski definition) is 1. The maximum absolute atomic E-state index is 13.3. The van der Waals surface area contributed by atoms with Crippen molar-refractivity contribution in [2.24, 2.45) is 5.73 Å². The number of halogens is 2. The van der Waals surface area contributed by atoms with E-state index in [0.29, 0.717) is 6.42 Å². The topological polar surface area (TPSA) is 35.2 Å². The van der Waals surface area contributed by atoms with Crippen LogP contribution in [0, 0.1) is 5.82 Å². The van der Waals surface area contributed by atoms with Crippen molar-refractivity contribution >= 4 is 15.9 Å². The van der Waals surface area contributed by atoms with Gasteiger partial charge in [0.25, 0.3) is 0 Å². The van der Waals surface area contributed by atoms with E-state index >= 15 is 0 Å². The molecule has 0 aliphatic carbocycles. The van der Waals surface area contributed by atoms with Gasteiger partial charge in [0.2, 0.25) is 0 Å². The minimum Gasteiger partial charge on any atom is -0.485 e. The average Bonchev–Trinajstić information content (AvgIpc) is 2.39. The lowest BCUT2D eigenvalue weighted by Gasteiger charge is -2.30. The van der Waals surface area contributed by atoms with Gasteiger partial charge in [0, 0.05) is 22.5 Å². The van der Waals surface area contributed by atoms with Gasteiger partial charge in [-0.1, -0.05) is 28.1 Å². The summed E-state index contributed by atoms with van der Waals surface area (Å²) < 4.78 is 20.2. The highest BCUT2D eigenvalue weighted by atomic mass is 79.9. The highest BCUT2D eigenvalue weighted by molar-refractivity contribution is 9.10. The Balaban J connectivity index is 1.95. The zero-order valence-electron chi connectivity index (χ0n) is 10.1. The van der Waals surface area contributed by atoms with Crippen LogP contribution in [0.1, 0.15) is 29.7 Å². The summed E-state index contributed by atoms with van der Waals surface area (Å²) in [6.45, 7) is 0. The molecular formula is C15H13BrFNO. The van der Waals surface area contributed by atoms with E-state index in [2.05, 4.69) is 15.9 Å². The van der Waals surface area contributed by atoms with Crippen molar-refractivity contribution < 1.29 is 9.13 Å². The summed E-state index contributed by atoms with van der Waals surface area (Å²) >= 11 is 3.43. The molecule has 0 saturated heterocycles. The third-order valence-corrected chi connectivity index (χ3v) is 3.82. The maximum atomic E-state index is 13.3. The Morgan fingerprint density at radius 3 is 2.84 bits per heavy atom. The first-order valence-electron chi connectivity index (χ1n) is 6.10. The lowest BCUT2D eigenvalue weighted by Crippen LogP contribution is -2.24. The van der Waals surface area contributed by atoms with Crippen LogP contribution in [0.3, 0.4) is 0 Å². The molecule has 1 unspecified atom stereocenters. The predicted molar refractivity (Wildman–Crippen MR) is 75.5 cm³/mol. The Hall–Kier alpha value is -1.39. The summed E-state index contributed by atoms with van der Waals surface area (Å²) in [5.74, 6) is 0.521. The van der Waals surface area contributed by atoms with E-state index in [1.807, 2.05) is 24.3 Å². The summed E-state index contributed by atoms with van der Waals surface area (Å²) in [5, 5.41) is 0. The molecule has 0 radical (unpaired) electrons. The SMILES string of the molecule is N[C@@H]1CC(c2cccc(F)c2)Oc2ccc(Br)cc21. The van der Waals surface area contributed by atoms with Crippen molar-refractivity contribution in [3.05, 3.63) is 63.9 Å². The highest BCUT2D eigenvalue weighted by Gasteiger charge is 2.27. The molecule has 2 N–H and O–H groups in total. The zero-order valence-corrected chi connectivity index (χ0v) is 11.7. The van der Waals surface area contributed by atoms with Gasteiger partial charge in [0.15, 0.2) is 0 Å². The van der Waals surface area contributed by atoms with Gasteiger partial charge in [-0.25, -0.2) is 4.39 Å². The summed E-state index contributed by atoms with van der Waals surface area (Å²) in [5.41, 5.74) is 8.00. The Morgan fingerprint density at radius 2 is 2.05 bits per heavy atom. The van der Waals surface area contributed by atoms with Gasteiger partial charge in [-0.2, -0.15) is 0 Å². The Morgan fingerprint density at radius 1 is 1.21 bits per heavy atom. The first kappa shape index (κ1) is 12.6. The van der Waals surface area contributed by atoms with Crippen molar-refractivity contribution in [2.45, 2.75) is 18.6 Å². The van der Waals surface area contributed by atoms with Crippen LogP contribution in [0.5, 0.6) is 5.75 Å². The van der Waals surface area contributed by atoms with E-state index in [1.54, 1.807) is 6.07 Å². The van der Waals surface area contributed by atoms with Crippen LogP contribution in [0.2, 0.25) is 0 Å². The fraction of sp³-hybridized carbons (Fsp3) is 0.200. The van der Waals surface area contributed by atoms with Crippen molar-refractivity contribution in [3.63, 3.8) is 0 Å². The highest BCUT2D eigenvalue weighted by Crippen LogP contribution is 2.40. The number of rotatable bonds is 1. The molecule has 0 saturated carbocycles. The molecule has 3 rings (SSSR count). The normalized spacial score (nSPS) is 21.6. The van der Waals surface area contributed by atoms with Gasteiger partial charge >= 0.3 is 0 Å². The molecule has 2 atom stereocenters. The van der Waals surface area contributed by atoms with Crippen LogP contribution in [0.25, 0.3) is 0 Å². The van der Waals surface area contributed by atoms with Gasteiger partial charge in [0.05, 0.1) is 0 Å². The van der Waals surface area contributed by atoms with E-state index in [9.17, 15) is 4.39 Å². The molecule has 4 heteroatoms. The fourth-order valence-corrected chi connectivity index (χ4v) is 2.77. The molecule has 0 amide bonds. The predicted octanol–water partition coefficient (Wildman–Crippen LogP) is 4.11. The molecule has 98 valence electrons. The van der Waals surface area contributed by atoms with E-state index < -0.39 is 0 Å². The second kappa shape index (κ2) is 4.94. The molecule has 0 spiro atoms. The Bertz CT molecular complexity index is 617. The standard InChI is InChI=1S/C15H13BrFNO/c16-10-4-5-14-12(7-10)13(18)8-15(19-14)9-2-1-3-11(17)6-9/h1-7,13,15H,8,18H2/t13-,15?/m1/s1. The van der Waals surface area contributed by atoms with Crippen LogP contribution in [-0.4, -0.2) is 0 Å². The lowest BCUT2D eigenvalue weighted by atomic mass is 9.93. The summed E-state index contributed by atoms with van der Waals surface area (Å²) in [4.78, 5) is 0. The number of hydrogen-bond acceptors (Lipinski definition) is 2. The average molecular weight is 322 g/mol. The first-order valence-corrected chi connectivity index (χ1v) is 6.90. The summed E-state index contributed by atoms with van der Waals surface area (Å²) in [6.07, 6.45) is 0.451. The third kappa shape index (κ3) is 2.51. The van der Waals surface area contributed by atoms with Crippen molar-refractivity contribution in [2.75, 3.05) is 0 Å². The van der Waals surface area contributed by atoms with Crippen molar-refractivity contribution in [1.82, 2.24) is 0 Å². The quantitative estimate of drug-likeness (QED) is 0.857. The number of ether oxygens (including phenoxy) is 1. The summed E-state index contributed by atoms with van der Waals surface area (Å²) in [7, 11) is 0. The van der Waals surface area contributed by atoms with Gasteiger partial charge < -0.3 is 10.5 Å². The van der Waals surface area contributed by atoms with E-state index in [0.717, 1.165) is 21.3 Å². The van der Waals surface area contributed by atoms with E-state index in [4.69, 9.17) is 10.5 Å². The largest absolute Gasteiger partial charge is 0.485 e. The Labute approximate surface area is 119 Å². The van der Waals surface area contributed by atoms with Crippen LogP contribution >= 0.6 is 15.9 Å². The van der Waals surface area contributed by atoms with E-state index in [-0.39, 0.29) is 18.0 Å². The Kier molecular flexibility index (Phi) is 3.29. The van der Waals surface area contributed by atoms with Crippen molar-refractivity contribution in [3.8, 4) is 5.75 Å². The fourth-order valence-electron chi connectivity index (χ4n) is 2.39. The van der Waals surface area contributed by atoms with Crippen LogP contribution < -0.4 is 10.5 Å². The lowest BCUT2D eigenvalue weighted by molar-refractivity contribution is 0.161.